The molecule has 3 N–H and O–H groups in total. The summed E-state index contributed by atoms with van der Waals surface area (Å²) < 4.78 is 5.70. The van der Waals surface area contributed by atoms with Crippen LogP contribution in [0.4, 0.5) is 5.69 Å². The lowest BCUT2D eigenvalue weighted by Gasteiger charge is -2.15. The van der Waals surface area contributed by atoms with Gasteiger partial charge in [-0.15, -0.1) is 0 Å². The molecule has 6 heteroatoms. The first-order chi connectivity index (χ1) is 13.2. The van der Waals surface area contributed by atoms with E-state index in [1.165, 1.54) is 0 Å². The number of amides is 2. The van der Waals surface area contributed by atoms with E-state index >= 15 is 0 Å². The van der Waals surface area contributed by atoms with Crippen molar-refractivity contribution < 1.29 is 19.5 Å². The predicted octanol–water partition coefficient (Wildman–Crippen LogP) is 3.71. The second-order valence-corrected chi connectivity index (χ2v) is 5.75. The van der Waals surface area contributed by atoms with E-state index in [2.05, 4.69) is 5.32 Å². The number of ether oxygens (including phenoxy) is 1. The molecular weight excluding hydrogens is 344 g/mol. The summed E-state index contributed by atoms with van der Waals surface area (Å²) >= 11 is 0. The Bertz CT molecular complexity index is 896. The highest BCUT2D eigenvalue weighted by atomic mass is 16.5. The summed E-state index contributed by atoms with van der Waals surface area (Å²) in [5.74, 6) is -1.20. The Hall–Kier alpha value is -3.64. The monoisotopic (exact) mass is 362 g/mol. The van der Waals surface area contributed by atoms with Crippen LogP contribution in [-0.4, -0.2) is 17.0 Å². The topological polar surface area (TPSA) is 87.7 Å². The van der Waals surface area contributed by atoms with Crippen LogP contribution in [0.2, 0.25) is 0 Å². The first kappa shape index (κ1) is 18.2. The van der Waals surface area contributed by atoms with E-state index in [-0.39, 0.29) is 0 Å². The van der Waals surface area contributed by atoms with Gasteiger partial charge in [-0.3, -0.25) is 14.8 Å². The minimum Gasteiger partial charge on any atom is -0.457 e. The molecule has 0 fully saturated rings. The highest BCUT2D eigenvalue weighted by Crippen LogP contribution is 2.24. The molecule has 136 valence electrons. The van der Waals surface area contributed by atoms with Crippen LogP contribution >= 0.6 is 0 Å². The van der Waals surface area contributed by atoms with Crippen LogP contribution in [0.15, 0.2) is 84.9 Å². The van der Waals surface area contributed by atoms with E-state index in [0.717, 1.165) is 0 Å². The quantitative estimate of drug-likeness (QED) is 0.354. The fourth-order valence-electron chi connectivity index (χ4n) is 2.58. The number of carbonyl (C=O) groups excluding carboxylic acids is 2. The van der Waals surface area contributed by atoms with Gasteiger partial charge >= 0.3 is 0 Å². The van der Waals surface area contributed by atoms with Gasteiger partial charge < -0.3 is 10.1 Å². The van der Waals surface area contributed by atoms with Crippen molar-refractivity contribution in [3.8, 4) is 11.5 Å². The minimum absolute atomic E-state index is 0.477. The molecule has 0 aliphatic heterocycles. The van der Waals surface area contributed by atoms with Gasteiger partial charge in [-0.2, -0.15) is 0 Å². The molecule has 0 spiro atoms. The lowest BCUT2D eigenvalue weighted by Crippen LogP contribution is -2.35. The minimum atomic E-state index is -1.17. The molecule has 2 amide bonds. The molecule has 0 aromatic heterocycles. The molecule has 0 radical (unpaired) electrons. The van der Waals surface area contributed by atoms with E-state index in [1.807, 2.05) is 30.3 Å². The zero-order valence-electron chi connectivity index (χ0n) is 14.3. The average Bonchev–Trinajstić information content (AvgIpc) is 2.71. The summed E-state index contributed by atoms with van der Waals surface area (Å²) in [7, 11) is 0. The molecule has 27 heavy (non-hydrogen) atoms. The first-order valence-electron chi connectivity index (χ1n) is 8.30. The van der Waals surface area contributed by atoms with E-state index in [4.69, 9.17) is 9.94 Å². The number of benzene rings is 3. The number of rotatable bonds is 6. The van der Waals surface area contributed by atoms with E-state index < -0.39 is 17.7 Å². The predicted molar refractivity (Wildman–Crippen MR) is 101 cm³/mol. The van der Waals surface area contributed by atoms with Crippen molar-refractivity contribution in [3.63, 3.8) is 0 Å². The molecule has 3 rings (SSSR count). The Balaban J connectivity index is 1.71. The lowest BCUT2D eigenvalue weighted by atomic mass is 9.97. The third-order valence-electron chi connectivity index (χ3n) is 3.87. The van der Waals surface area contributed by atoms with Crippen LogP contribution in [-0.2, 0) is 9.59 Å². The van der Waals surface area contributed by atoms with Crippen LogP contribution in [0.3, 0.4) is 0 Å². The summed E-state index contributed by atoms with van der Waals surface area (Å²) in [4.78, 5) is 24.5. The van der Waals surface area contributed by atoms with Gasteiger partial charge in [0.25, 0.3) is 5.91 Å². The summed E-state index contributed by atoms with van der Waals surface area (Å²) in [5.41, 5.74) is 2.53. The fraction of sp³-hybridized carbons (Fsp3) is 0.0476. The largest absolute Gasteiger partial charge is 0.457 e. The van der Waals surface area contributed by atoms with Crippen LogP contribution in [0.25, 0.3) is 0 Å². The van der Waals surface area contributed by atoms with Gasteiger partial charge in [-0.05, 0) is 42.0 Å². The number of anilines is 1. The molecule has 3 aromatic carbocycles. The molecule has 6 nitrogen and oxygen atoms in total. The molecule has 0 saturated heterocycles. The molecular formula is C21H18N2O4. The van der Waals surface area contributed by atoms with Crippen molar-refractivity contribution >= 4 is 17.5 Å². The normalized spacial score (nSPS) is 11.3. The van der Waals surface area contributed by atoms with Crippen molar-refractivity contribution in [3.05, 3.63) is 90.5 Å². The molecule has 1 atom stereocenters. The summed E-state index contributed by atoms with van der Waals surface area (Å²) in [6.45, 7) is 0. The maximum atomic E-state index is 12.6. The molecule has 3 aromatic rings. The number of hydroxylamine groups is 1. The number of para-hydroxylation sites is 1. The molecule has 0 bridgehead atoms. The van der Waals surface area contributed by atoms with E-state index in [1.54, 1.807) is 60.1 Å². The standard InChI is InChI=1S/C21H18N2O4/c24-20(19(21(25)23-26)15-7-3-1-4-8-15)22-16-11-13-18(14-12-16)27-17-9-5-2-6-10-17/h1-14,19,26H,(H,22,24)(H,23,25). The number of hydrogen-bond acceptors (Lipinski definition) is 4. The Morgan fingerprint density at radius 1 is 0.741 bits per heavy atom. The third kappa shape index (κ3) is 4.71. The van der Waals surface area contributed by atoms with Crippen molar-refractivity contribution in [1.82, 2.24) is 5.48 Å². The Morgan fingerprint density at radius 2 is 1.30 bits per heavy atom. The van der Waals surface area contributed by atoms with Gasteiger partial charge in [-0.25, -0.2) is 5.48 Å². The van der Waals surface area contributed by atoms with Crippen LogP contribution in [0.1, 0.15) is 11.5 Å². The molecule has 0 aliphatic carbocycles. The zero-order valence-corrected chi connectivity index (χ0v) is 14.3. The zero-order chi connectivity index (χ0) is 19.1. The van der Waals surface area contributed by atoms with Crippen LogP contribution < -0.4 is 15.5 Å². The van der Waals surface area contributed by atoms with Gasteiger partial charge in [0.05, 0.1) is 0 Å². The van der Waals surface area contributed by atoms with Crippen LogP contribution in [0.5, 0.6) is 11.5 Å². The number of hydrogen-bond donors (Lipinski definition) is 3. The molecule has 0 saturated carbocycles. The Labute approximate surface area is 156 Å². The van der Waals surface area contributed by atoms with Gasteiger partial charge in [0.2, 0.25) is 5.91 Å². The van der Waals surface area contributed by atoms with E-state index in [9.17, 15) is 9.59 Å². The highest BCUT2D eigenvalue weighted by Gasteiger charge is 2.28. The smallest absolute Gasteiger partial charge is 0.260 e. The number of nitrogens with one attached hydrogen (secondary N) is 2. The molecule has 0 heterocycles. The van der Waals surface area contributed by atoms with E-state index in [0.29, 0.717) is 22.7 Å². The first-order valence-corrected chi connectivity index (χ1v) is 8.30. The third-order valence-corrected chi connectivity index (χ3v) is 3.87. The summed E-state index contributed by atoms with van der Waals surface area (Å²) in [6.07, 6.45) is 0. The van der Waals surface area contributed by atoms with Gasteiger partial charge in [0.1, 0.15) is 17.4 Å². The highest BCUT2D eigenvalue weighted by molar-refractivity contribution is 6.10. The summed E-state index contributed by atoms with van der Waals surface area (Å²) in [6, 6.07) is 24.6. The lowest BCUT2D eigenvalue weighted by molar-refractivity contribution is -0.135. The van der Waals surface area contributed by atoms with Crippen molar-refractivity contribution in [1.29, 1.82) is 0 Å². The van der Waals surface area contributed by atoms with Crippen molar-refractivity contribution in [2.75, 3.05) is 5.32 Å². The van der Waals surface area contributed by atoms with Gasteiger partial charge in [0, 0.05) is 5.69 Å². The van der Waals surface area contributed by atoms with Crippen molar-refractivity contribution in [2.24, 2.45) is 0 Å². The maximum Gasteiger partial charge on any atom is 0.260 e. The molecule has 0 aliphatic rings. The average molecular weight is 362 g/mol. The van der Waals surface area contributed by atoms with Crippen LogP contribution in [0, 0.1) is 0 Å². The summed E-state index contributed by atoms with van der Waals surface area (Å²) in [5, 5.41) is 11.6. The number of carbonyl (C=O) groups is 2. The second-order valence-electron chi connectivity index (χ2n) is 5.75. The maximum absolute atomic E-state index is 12.6. The molecule has 1 unspecified atom stereocenters. The Kier molecular flexibility index (Phi) is 5.81. The van der Waals surface area contributed by atoms with Crippen molar-refractivity contribution in [2.45, 2.75) is 5.92 Å². The Morgan fingerprint density at radius 3 is 1.89 bits per heavy atom. The van der Waals surface area contributed by atoms with Gasteiger partial charge in [0.15, 0.2) is 0 Å². The second kappa shape index (κ2) is 8.64. The SMILES string of the molecule is O=C(NO)C(C(=O)Nc1ccc(Oc2ccccc2)cc1)c1ccccc1. The fourth-order valence-corrected chi connectivity index (χ4v) is 2.58. The van der Waals surface area contributed by atoms with Gasteiger partial charge in [-0.1, -0.05) is 48.5 Å².